The van der Waals surface area contributed by atoms with Crippen LogP contribution in [0.1, 0.15) is 18.4 Å². The van der Waals surface area contributed by atoms with Gasteiger partial charge in [0.05, 0.1) is 22.6 Å². The molecular weight excluding hydrogens is 476 g/mol. The van der Waals surface area contributed by atoms with Crippen LogP contribution in [-0.4, -0.2) is 57.6 Å². The molecule has 2 aliphatic heterocycles. The zero-order chi connectivity index (χ0) is 26.3. The highest BCUT2D eigenvalue weighted by atomic mass is 16.5. The molecule has 4 aromatic rings. The van der Waals surface area contributed by atoms with Gasteiger partial charge >= 0.3 is 6.01 Å². The number of rotatable bonds is 7. The van der Waals surface area contributed by atoms with Crippen molar-refractivity contribution in [2.24, 2.45) is 7.05 Å². The minimum absolute atomic E-state index is 0.233. The van der Waals surface area contributed by atoms with Gasteiger partial charge in [-0.2, -0.15) is 4.98 Å². The number of hydrogen-bond acceptors (Lipinski definition) is 6. The number of hydrogen-bond donors (Lipinski definition) is 1. The third-order valence-corrected chi connectivity index (χ3v) is 7.94. The summed E-state index contributed by atoms with van der Waals surface area (Å²) in [7, 11) is 4.24. The van der Waals surface area contributed by atoms with Crippen molar-refractivity contribution in [2.45, 2.75) is 25.0 Å². The average molecular weight is 509 g/mol. The Morgan fingerprint density at radius 2 is 2.03 bits per heavy atom. The number of anilines is 2. The molecule has 0 aliphatic carbocycles. The zero-order valence-corrected chi connectivity index (χ0v) is 21.9. The molecule has 4 heterocycles. The van der Waals surface area contributed by atoms with Gasteiger partial charge in [-0.15, -0.1) is 0 Å². The number of benzene rings is 2. The van der Waals surface area contributed by atoms with E-state index >= 15 is 0 Å². The normalized spacial score (nSPS) is 16.5. The van der Waals surface area contributed by atoms with Gasteiger partial charge in [0.15, 0.2) is 0 Å². The van der Waals surface area contributed by atoms with E-state index in [0.29, 0.717) is 6.01 Å². The first-order valence-electron chi connectivity index (χ1n) is 13.0. The number of amides is 1. The molecule has 2 aliphatic rings. The molecule has 194 valence electrons. The minimum Gasteiger partial charge on any atom is -0.459 e. The van der Waals surface area contributed by atoms with E-state index in [0.717, 1.165) is 58.7 Å². The number of likely N-dealkylation sites (tertiary alicyclic amines) is 1. The fraction of sp³-hybridized carbons (Fsp3) is 0.300. The summed E-state index contributed by atoms with van der Waals surface area (Å²) in [6.45, 7) is 6.96. The van der Waals surface area contributed by atoms with Crippen molar-refractivity contribution in [3.05, 3.63) is 79.1 Å². The van der Waals surface area contributed by atoms with Gasteiger partial charge in [0.2, 0.25) is 5.91 Å². The van der Waals surface area contributed by atoms with Crippen molar-refractivity contribution in [2.75, 3.05) is 36.9 Å². The van der Waals surface area contributed by atoms with Gasteiger partial charge in [-0.3, -0.25) is 9.69 Å². The number of nitrogens with zero attached hydrogens (tertiary/aromatic N) is 5. The van der Waals surface area contributed by atoms with Crippen LogP contribution in [0.25, 0.3) is 22.2 Å². The number of para-hydroxylation sites is 1. The number of likely N-dealkylation sites (N-methyl/N-ethyl adjacent to an activating group) is 1. The predicted octanol–water partition coefficient (Wildman–Crippen LogP) is 4.62. The molecule has 0 unspecified atom stereocenters. The van der Waals surface area contributed by atoms with Crippen LogP contribution < -0.4 is 15.0 Å². The van der Waals surface area contributed by atoms with Crippen LogP contribution >= 0.6 is 0 Å². The van der Waals surface area contributed by atoms with Crippen LogP contribution in [0.15, 0.2) is 73.6 Å². The van der Waals surface area contributed by atoms with Crippen molar-refractivity contribution in [3.8, 4) is 17.3 Å². The monoisotopic (exact) mass is 508 g/mol. The largest absolute Gasteiger partial charge is 0.459 e. The molecule has 2 fully saturated rings. The first-order valence-corrected chi connectivity index (χ1v) is 13.0. The third-order valence-electron chi connectivity index (χ3n) is 7.94. The van der Waals surface area contributed by atoms with E-state index < -0.39 is 0 Å². The number of aromatic nitrogens is 3. The maximum absolute atomic E-state index is 12.2. The SMILES string of the molecule is C=CC(=O)Nc1cc(COc2nccc(-c3cn(C)c4ccccc34)n2)ccc1N1CC2(CCCN2C)C1. The maximum atomic E-state index is 12.2. The molecule has 1 spiro atoms. The molecule has 8 heteroatoms. The van der Waals surface area contributed by atoms with E-state index in [2.05, 4.69) is 67.7 Å². The fourth-order valence-corrected chi connectivity index (χ4v) is 5.79. The summed E-state index contributed by atoms with van der Waals surface area (Å²) in [4.78, 5) is 26.0. The summed E-state index contributed by atoms with van der Waals surface area (Å²) in [5.74, 6) is -0.233. The van der Waals surface area contributed by atoms with E-state index in [1.807, 2.05) is 37.4 Å². The molecular formula is C30H32N6O2. The molecule has 2 aromatic carbocycles. The second-order valence-corrected chi connectivity index (χ2v) is 10.3. The lowest BCUT2D eigenvalue weighted by Gasteiger charge is -2.53. The predicted molar refractivity (Wildman–Crippen MR) is 150 cm³/mol. The number of aryl methyl sites for hydroxylation is 1. The molecule has 2 saturated heterocycles. The minimum atomic E-state index is -0.233. The summed E-state index contributed by atoms with van der Waals surface area (Å²) < 4.78 is 8.10. The van der Waals surface area contributed by atoms with Crippen molar-refractivity contribution >= 4 is 28.2 Å². The Bertz CT molecular complexity index is 1520. The van der Waals surface area contributed by atoms with Gasteiger partial charge in [0, 0.05) is 49.0 Å². The van der Waals surface area contributed by atoms with E-state index in [-0.39, 0.29) is 18.1 Å². The van der Waals surface area contributed by atoms with Gasteiger partial charge < -0.3 is 19.5 Å². The summed E-state index contributed by atoms with van der Waals surface area (Å²) in [6.07, 6.45) is 7.55. The molecule has 8 nitrogen and oxygen atoms in total. The van der Waals surface area contributed by atoms with Crippen LogP contribution in [0.2, 0.25) is 0 Å². The smallest absolute Gasteiger partial charge is 0.317 e. The Kier molecular flexibility index (Phi) is 6.12. The Balaban J connectivity index is 1.20. The van der Waals surface area contributed by atoms with Crippen LogP contribution in [0.4, 0.5) is 11.4 Å². The summed E-state index contributed by atoms with van der Waals surface area (Å²) in [6, 6.07) is 16.5. The summed E-state index contributed by atoms with van der Waals surface area (Å²) >= 11 is 0. The summed E-state index contributed by atoms with van der Waals surface area (Å²) in [5.41, 5.74) is 5.94. The van der Waals surface area contributed by atoms with Gasteiger partial charge in [0.25, 0.3) is 0 Å². The molecule has 1 amide bonds. The number of carbonyl (C=O) groups excluding carboxylic acids is 1. The zero-order valence-electron chi connectivity index (χ0n) is 21.9. The highest BCUT2D eigenvalue weighted by molar-refractivity contribution is 6.01. The number of nitrogens with one attached hydrogen (secondary N) is 1. The maximum Gasteiger partial charge on any atom is 0.317 e. The number of carbonyl (C=O) groups is 1. The second-order valence-electron chi connectivity index (χ2n) is 10.3. The fourth-order valence-electron chi connectivity index (χ4n) is 5.79. The molecule has 38 heavy (non-hydrogen) atoms. The lowest BCUT2D eigenvalue weighted by atomic mass is 9.86. The first kappa shape index (κ1) is 24.2. The molecule has 0 atom stereocenters. The van der Waals surface area contributed by atoms with Crippen molar-refractivity contribution < 1.29 is 9.53 Å². The van der Waals surface area contributed by atoms with Crippen LogP contribution in [-0.2, 0) is 18.4 Å². The van der Waals surface area contributed by atoms with Gasteiger partial charge in [-0.05, 0) is 62.3 Å². The number of fused-ring (bicyclic) bond motifs is 1. The van der Waals surface area contributed by atoms with Gasteiger partial charge in [-0.1, -0.05) is 30.8 Å². The topological polar surface area (TPSA) is 75.5 Å². The Labute approximate surface area is 222 Å². The van der Waals surface area contributed by atoms with Crippen LogP contribution in [0.3, 0.4) is 0 Å². The van der Waals surface area contributed by atoms with Crippen molar-refractivity contribution in [1.82, 2.24) is 19.4 Å². The third kappa shape index (κ3) is 4.31. The number of ether oxygens (including phenoxy) is 1. The van der Waals surface area contributed by atoms with Crippen LogP contribution in [0.5, 0.6) is 6.01 Å². The molecule has 0 bridgehead atoms. The lowest BCUT2D eigenvalue weighted by molar-refractivity contribution is -0.111. The Morgan fingerprint density at radius 1 is 1.18 bits per heavy atom. The van der Waals surface area contributed by atoms with Crippen molar-refractivity contribution in [1.29, 1.82) is 0 Å². The first-order chi connectivity index (χ1) is 18.5. The van der Waals surface area contributed by atoms with Crippen molar-refractivity contribution in [3.63, 3.8) is 0 Å². The van der Waals surface area contributed by atoms with Gasteiger partial charge in [0.1, 0.15) is 6.61 Å². The molecule has 6 rings (SSSR count). The molecule has 0 saturated carbocycles. The van der Waals surface area contributed by atoms with E-state index in [4.69, 9.17) is 4.74 Å². The second kappa shape index (κ2) is 9.61. The Morgan fingerprint density at radius 3 is 2.82 bits per heavy atom. The molecule has 0 radical (unpaired) electrons. The van der Waals surface area contributed by atoms with E-state index in [9.17, 15) is 4.79 Å². The Hall–Kier alpha value is -4.17. The van der Waals surface area contributed by atoms with Crippen LogP contribution in [0, 0.1) is 0 Å². The highest BCUT2D eigenvalue weighted by Crippen LogP contribution is 2.41. The van der Waals surface area contributed by atoms with E-state index in [1.165, 1.54) is 18.9 Å². The van der Waals surface area contributed by atoms with Gasteiger partial charge in [-0.25, -0.2) is 4.98 Å². The highest BCUT2D eigenvalue weighted by Gasteiger charge is 2.48. The molecule has 1 N–H and O–H groups in total. The lowest BCUT2D eigenvalue weighted by Crippen LogP contribution is -2.67. The molecule has 2 aromatic heterocycles. The van der Waals surface area contributed by atoms with E-state index in [1.54, 1.807) is 6.20 Å². The quantitative estimate of drug-likeness (QED) is 0.367. The summed E-state index contributed by atoms with van der Waals surface area (Å²) in [5, 5.41) is 4.12. The average Bonchev–Trinajstić information content (AvgIpc) is 3.47. The standard InChI is InChI=1S/C30H32N6O2/c1-4-28(37)32-25-16-21(10-11-27(25)36-19-30(20-36)13-7-15-35(30)3)18-38-29-31-14-12-24(33-29)23-17-34(2)26-9-6-5-8-22(23)26/h4-6,8-12,14,16-17H,1,7,13,15,18-20H2,2-3H3,(H,32,37).